The average molecular weight is 174 g/mol. The molecule has 0 N–H and O–H groups in total. The van der Waals surface area contributed by atoms with Crippen LogP contribution in [0.1, 0.15) is 16.8 Å². The Morgan fingerprint density at radius 2 is 1.92 bits per heavy atom. The first-order chi connectivity index (χ1) is 5.41. The predicted octanol–water partition coefficient (Wildman–Crippen LogP) is 2.52. The van der Waals surface area contributed by atoms with Gasteiger partial charge >= 0.3 is 6.18 Å². The average Bonchev–Trinajstić information content (AvgIpc) is 1.92. The van der Waals surface area contributed by atoms with Crippen LogP contribution >= 0.6 is 0 Å². The molecular formula is C8H7F3N. The van der Waals surface area contributed by atoms with Crippen LogP contribution in [0.5, 0.6) is 0 Å². The maximum atomic E-state index is 12.2. The molecule has 1 aromatic heterocycles. The van der Waals surface area contributed by atoms with Crippen LogP contribution in [0.15, 0.2) is 6.07 Å². The van der Waals surface area contributed by atoms with Gasteiger partial charge in [0.1, 0.15) is 0 Å². The largest absolute Gasteiger partial charge is 0.416 e. The lowest BCUT2D eigenvalue weighted by Crippen LogP contribution is -2.08. The molecule has 4 heteroatoms. The highest BCUT2D eigenvalue weighted by Crippen LogP contribution is 2.31. The minimum Gasteiger partial charge on any atom is -0.251 e. The molecule has 1 radical (unpaired) electrons. The van der Waals surface area contributed by atoms with E-state index in [2.05, 4.69) is 11.2 Å². The van der Waals surface area contributed by atoms with E-state index in [-0.39, 0.29) is 5.56 Å². The van der Waals surface area contributed by atoms with Crippen molar-refractivity contribution in [2.45, 2.75) is 20.0 Å². The summed E-state index contributed by atoms with van der Waals surface area (Å²) in [7, 11) is 0. The fraction of sp³-hybridized carbons (Fsp3) is 0.375. The summed E-state index contributed by atoms with van der Waals surface area (Å²) in [5.41, 5.74) is -0.295. The molecule has 1 heterocycles. The summed E-state index contributed by atoms with van der Waals surface area (Å²) in [6.45, 7) is 2.85. The maximum Gasteiger partial charge on any atom is 0.416 e. The van der Waals surface area contributed by atoms with E-state index in [1.54, 1.807) is 0 Å². The Kier molecular flexibility index (Phi) is 2.08. The summed E-state index contributed by atoms with van der Waals surface area (Å²) in [6.07, 6.45) is -1.99. The molecule has 1 aromatic rings. The Hall–Kier alpha value is -1.06. The van der Waals surface area contributed by atoms with Crippen molar-refractivity contribution < 1.29 is 13.2 Å². The van der Waals surface area contributed by atoms with Crippen molar-refractivity contribution in [3.8, 4) is 0 Å². The van der Waals surface area contributed by atoms with E-state index >= 15 is 0 Å². The van der Waals surface area contributed by atoms with Crippen LogP contribution in [0.3, 0.4) is 0 Å². The van der Waals surface area contributed by atoms with E-state index in [9.17, 15) is 13.2 Å². The van der Waals surface area contributed by atoms with Crippen molar-refractivity contribution in [3.63, 3.8) is 0 Å². The molecule has 0 aliphatic rings. The Labute approximate surface area is 68.2 Å². The molecular weight excluding hydrogens is 167 g/mol. The Balaban J connectivity index is 3.23. The topological polar surface area (TPSA) is 12.9 Å². The second-order valence-corrected chi connectivity index (χ2v) is 2.55. The number of aryl methyl sites for hydroxylation is 2. The highest BCUT2D eigenvalue weighted by molar-refractivity contribution is 5.26. The number of halogens is 3. The van der Waals surface area contributed by atoms with Crippen molar-refractivity contribution in [3.05, 3.63) is 29.1 Å². The van der Waals surface area contributed by atoms with Gasteiger partial charge in [-0.2, -0.15) is 13.2 Å². The molecule has 1 nitrogen and oxygen atoms in total. The molecule has 0 bridgehead atoms. The lowest BCUT2D eigenvalue weighted by atomic mass is 10.1. The van der Waals surface area contributed by atoms with Crippen LogP contribution < -0.4 is 0 Å². The summed E-state index contributed by atoms with van der Waals surface area (Å²) in [6, 6.07) is 1.02. The molecule has 0 fully saturated rings. The van der Waals surface area contributed by atoms with E-state index < -0.39 is 11.7 Å². The number of hydrogen-bond donors (Lipinski definition) is 0. The molecule has 0 unspecified atom stereocenters. The number of rotatable bonds is 0. The van der Waals surface area contributed by atoms with Gasteiger partial charge in [-0.3, -0.25) is 4.98 Å². The van der Waals surface area contributed by atoms with E-state index in [4.69, 9.17) is 0 Å². The van der Waals surface area contributed by atoms with E-state index in [1.165, 1.54) is 13.8 Å². The summed E-state index contributed by atoms with van der Waals surface area (Å²) in [5, 5.41) is 0. The second kappa shape index (κ2) is 2.77. The van der Waals surface area contributed by atoms with Crippen LogP contribution in [0.25, 0.3) is 0 Å². The molecule has 0 aromatic carbocycles. The van der Waals surface area contributed by atoms with Gasteiger partial charge in [0.15, 0.2) is 0 Å². The van der Waals surface area contributed by atoms with Crippen molar-refractivity contribution in [2.24, 2.45) is 0 Å². The van der Waals surface area contributed by atoms with Gasteiger partial charge in [0.05, 0.1) is 11.8 Å². The van der Waals surface area contributed by atoms with Gasteiger partial charge in [0.25, 0.3) is 0 Å². The third-order valence-electron chi connectivity index (χ3n) is 1.46. The SMILES string of the molecule is Cc1cc(C(F)(F)F)c(C)[c]n1. The third kappa shape index (κ3) is 1.75. The molecule has 0 saturated heterocycles. The minimum absolute atomic E-state index is 0.0353. The maximum absolute atomic E-state index is 12.2. The van der Waals surface area contributed by atoms with E-state index in [0.717, 1.165) is 6.07 Å². The molecule has 0 aliphatic carbocycles. The van der Waals surface area contributed by atoms with Gasteiger partial charge in [-0.05, 0) is 25.5 Å². The van der Waals surface area contributed by atoms with Crippen LogP contribution in [-0.4, -0.2) is 4.98 Å². The zero-order valence-corrected chi connectivity index (χ0v) is 6.66. The highest BCUT2D eigenvalue weighted by Gasteiger charge is 2.32. The van der Waals surface area contributed by atoms with Gasteiger partial charge in [-0.25, -0.2) is 0 Å². The number of pyridine rings is 1. The Bertz CT molecular complexity index is 291. The molecule has 0 amide bonds. The molecule has 65 valence electrons. The third-order valence-corrected chi connectivity index (χ3v) is 1.46. The summed E-state index contributed by atoms with van der Waals surface area (Å²) < 4.78 is 36.5. The molecule has 12 heavy (non-hydrogen) atoms. The lowest BCUT2D eigenvalue weighted by Gasteiger charge is -2.09. The smallest absolute Gasteiger partial charge is 0.251 e. The quantitative estimate of drug-likeness (QED) is 0.588. The number of hydrogen-bond acceptors (Lipinski definition) is 1. The first-order valence-electron chi connectivity index (χ1n) is 3.34. The van der Waals surface area contributed by atoms with Crippen molar-refractivity contribution in [2.75, 3.05) is 0 Å². The van der Waals surface area contributed by atoms with Crippen molar-refractivity contribution >= 4 is 0 Å². The Morgan fingerprint density at radius 3 is 2.33 bits per heavy atom. The normalized spacial score (nSPS) is 11.8. The zero-order chi connectivity index (χ0) is 9.35. The molecule has 1 rings (SSSR count). The van der Waals surface area contributed by atoms with Crippen molar-refractivity contribution in [1.29, 1.82) is 0 Å². The van der Waals surface area contributed by atoms with Gasteiger partial charge in [-0.15, -0.1) is 0 Å². The predicted molar refractivity (Wildman–Crippen MR) is 37.5 cm³/mol. The van der Waals surface area contributed by atoms with Gasteiger partial charge in [0.2, 0.25) is 0 Å². The van der Waals surface area contributed by atoms with Gasteiger partial charge < -0.3 is 0 Å². The standard InChI is InChI=1S/C8H7F3N/c1-5-4-12-6(2)3-7(5)8(9,10)11/h3H,1-2H3. The lowest BCUT2D eigenvalue weighted by molar-refractivity contribution is -0.138. The molecule has 0 aliphatic heterocycles. The first-order valence-corrected chi connectivity index (χ1v) is 3.34. The fourth-order valence-corrected chi connectivity index (χ4v) is 0.876. The minimum atomic E-state index is -4.30. The zero-order valence-electron chi connectivity index (χ0n) is 6.66. The highest BCUT2D eigenvalue weighted by atomic mass is 19.4. The summed E-state index contributed by atoms with van der Waals surface area (Å²) >= 11 is 0. The second-order valence-electron chi connectivity index (χ2n) is 2.55. The molecule has 0 atom stereocenters. The first kappa shape index (κ1) is 9.03. The van der Waals surface area contributed by atoms with Gasteiger partial charge in [-0.1, -0.05) is 0 Å². The number of alkyl halides is 3. The van der Waals surface area contributed by atoms with E-state index in [1.807, 2.05) is 0 Å². The van der Waals surface area contributed by atoms with Crippen LogP contribution in [0.4, 0.5) is 13.2 Å². The number of aromatic nitrogens is 1. The van der Waals surface area contributed by atoms with Crippen molar-refractivity contribution in [1.82, 2.24) is 4.98 Å². The monoisotopic (exact) mass is 174 g/mol. The Morgan fingerprint density at radius 1 is 1.33 bits per heavy atom. The molecule has 0 saturated carbocycles. The number of nitrogens with zero attached hydrogens (tertiary/aromatic N) is 1. The molecule has 0 spiro atoms. The van der Waals surface area contributed by atoms with E-state index in [0.29, 0.717) is 5.69 Å². The van der Waals surface area contributed by atoms with Crippen LogP contribution in [0.2, 0.25) is 0 Å². The summed E-state index contributed by atoms with van der Waals surface area (Å²) in [4.78, 5) is 3.63. The van der Waals surface area contributed by atoms with Gasteiger partial charge in [0, 0.05) is 5.69 Å². The fourth-order valence-electron chi connectivity index (χ4n) is 0.876. The van der Waals surface area contributed by atoms with Crippen LogP contribution in [-0.2, 0) is 6.18 Å². The van der Waals surface area contributed by atoms with Crippen LogP contribution in [0, 0.1) is 20.0 Å². The summed E-state index contributed by atoms with van der Waals surface area (Å²) in [5.74, 6) is 0.